The van der Waals surface area contributed by atoms with Crippen LogP contribution in [0.15, 0.2) is 18.2 Å². The van der Waals surface area contributed by atoms with E-state index in [2.05, 4.69) is 42.7 Å². The summed E-state index contributed by atoms with van der Waals surface area (Å²) < 4.78 is 0. The highest BCUT2D eigenvalue weighted by molar-refractivity contribution is 5.93. The number of nitrogens with two attached hydrogens (primary N) is 1. The number of likely N-dealkylation sites (N-methyl/N-ethyl adjacent to an activating group) is 1. The van der Waals surface area contributed by atoms with E-state index < -0.39 is 0 Å². The van der Waals surface area contributed by atoms with Crippen molar-refractivity contribution >= 4 is 11.7 Å². The van der Waals surface area contributed by atoms with Crippen molar-refractivity contribution in [1.29, 1.82) is 5.41 Å². The summed E-state index contributed by atoms with van der Waals surface area (Å²) in [7, 11) is 4.12. The Bertz CT molecular complexity index is 414. The second-order valence-corrected chi connectivity index (χ2v) is 5.44. The minimum absolute atomic E-state index is 0.0129. The number of aromatic nitrogens is 1. The van der Waals surface area contributed by atoms with Gasteiger partial charge in [0.1, 0.15) is 17.3 Å². The van der Waals surface area contributed by atoms with Gasteiger partial charge in [-0.05, 0) is 32.1 Å². The Kier molecular flexibility index (Phi) is 5.76. The third-order valence-electron chi connectivity index (χ3n) is 2.74. The predicted octanol–water partition coefficient (Wildman–Crippen LogP) is 1.39. The molecule has 0 amide bonds. The fraction of sp³-hybridized carbons (Fsp3) is 0.571. The highest BCUT2D eigenvalue weighted by atomic mass is 15.2. The number of rotatable bonds is 7. The van der Waals surface area contributed by atoms with Crippen LogP contribution in [0.3, 0.4) is 0 Å². The molecule has 0 radical (unpaired) electrons. The van der Waals surface area contributed by atoms with Crippen LogP contribution in [0.4, 0.5) is 5.82 Å². The Morgan fingerprint density at radius 2 is 2.00 bits per heavy atom. The Hall–Kier alpha value is -1.62. The number of nitrogens with zero attached hydrogens (tertiary/aromatic N) is 3. The van der Waals surface area contributed by atoms with Crippen LogP contribution >= 0.6 is 0 Å². The molecule has 0 unspecified atom stereocenters. The summed E-state index contributed by atoms with van der Waals surface area (Å²) in [6.45, 7) is 7.22. The molecular formula is C14H25N5. The van der Waals surface area contributed by atoms with Crippen LogP contribution in [0, 0.1) is 11.3 Å². The summed E-state index contributed by atoms with van der Waals surface area (Å²) in [5, 5.41) is 7.47. The fourth-order valence-corrected chi connectivity index (χ4v) is 1.81. The van der Waals surface area contributed by atoms with Gasteiger partial charge in [0.2, 0.25) is 0 Å². The smallest absolute Gasteiger partial charge is 0.141 e. The summed E-state index contributed by atoms with van der Waals surface area (Å²) in [6, 6.07) is 5.65. The molecule has 0 saturated heterocycles. The zero-order valence-electron chi connectivity index (χ0n) is 12.3. The number of anilines is 1. The van der Waals surface area contributed by atoms with Gasteiger partial charge in [-0.1, -0.05) is 19.9 Å². The van der Waals surface area contributed by atoms with E-state index in [0.29, 0.717) is 11.6 Å². The van der Waals surface area contributed by atoms with Crippen LogP contribution in [0.5, 0.6) is 0 Å². The van der Waals surface area contributed by atoms with Crippen LogP contribution in [0.1, 0.15) is 19.5 Å². The molecule has 1 aromatic rings. The molecule has 0 spiro atoms. The Morgan fingerprint density at radius 1 is 1.32 bits per heavy atom. The molecule has 0 aliphatic heterocycles. The lowest BCUT2D eigenvalue weighted by Crippen LogP contribution is -2.35. The standard InChI is InChI=1S/C14H25N5/c1-11(2)10-19(9-8-18(3)4)13-7-5-6-12(17-13)14(15)16/h5-7,11H,8-10H2,1-4H3,(H3,15,16). The van der Waals surface area contributed by atoms with Gasteiger partial charge in [0.15, 0.2) is 0 Å². The molecule has 0 aromatic carbocycles. The number of pyridine rings is 1. The van der Waals surface area contributed by atoms with E-state index in [0.717, 1.165) is 25.5 Å². The van der Waals surface area contributed by atoms with Crippen LogP contribution in [-0.2, 0) is 0 Å². The number of nitrogens with one attached hydrogen (secondary N) is 1. The predicted molar refractivity (Wildman–Crippen MR) is 80.9 cm³/mol. The first kappa shape index (κ1) is 15.4. The molecule has 5 nitrogen and oxygen atoms in total. The molecule has 0 aliphatic carbocycles. The summed E-state index contributed by atoms with van der Waals surface area (Å²) >= 11 is 0. The number of amidine groups is 1. The van der Waals surface area contributed by atoms with Gasteiger partial charge in [-0.3, -0.25) is 5.41 Å². The number of hydrogen-bond donors (Lipinski definition) is 2. The zero-order chi connectivity index (χ0) is 14.4. The lowest BCUT2D eigenvalue weighted by Gasteiger charge is -2.27. The van der Waals surface area contributed by atoms with E-state index >= 15 is 0 Å². The lowest BCUT2D eigenvalue weighted by atomic mass is 10.2. The van der Waals surface area contributed by atoms with Crippen LogP contribution in [0.2, 0.25) is 0 Å². The molecule has 0 saturated carbocycles. The van der Waals surface area contributed by atoms with Crippen LogP contribution < -0.4 is 10.6 Å². The van der Waals surface area contributed by atoms with Crippen molar-refractivity contribution in [1.82, 2.24) is 9.88 Å². The molecular weight excluding hydrogens is 238 g/mol. The summed E-state index contributed by atoms with van der Waals surface area (Å²) in [4.78, 5) is 8.86. The minimum atomic E-state index is 0.0129. The van der Waals surface area contributed by atoms with Crippen molar-refractivity contribution in [3.8, 4) is 0 Å². The van der Waals surface area contributed by atoms with E-state index in [9.17, 15) is 0 Å². The van der Waals surface area contributed by atoms with E-state index in [1.165, 1.54) is 0 Å². The first-order valence-corrected chi connectivity index (χ1v) is 6.61. The van der Waals surface area contributed by atoms with Gasteiger partial charge in [-0.15, -0.1) is 0 Å². The topological polar surface area (TPSA) is 69.2 Å². The molecule has 1 aromatic heterocycles. The third kappa shape index (κ3) is 5.26. The number of hydrogen-bond acceptors (Lipinski definition) is 4. The largest absolute Gasteiger partial charge is 0.382 e. The molecule has 1 rings (SSSR count). The quantitative estimate of drug-likeness (QED) is 0.576. The lowest BCUT2D eigenvalue weighted by molar-refractivity contribution is 0.408. The van der Waals surface area contributed by atoms with E-state index in [1.54, 1.807) is 6.07 Å². The van der Waals surface area contributed by atoms with Crippen molar-refractivity contribution < 1.29 is 0 Å². The van der Waals surface area contributed by atoms with Gasteiger partial charge in [0.25, 0.3) is 0 Å². The molecule has 5 heteroatoms. The highest BCUT2D eigenvalue weighted by Crippen LogP contribution is 2.13. The van der Waals surface area contributed by atoms with Gasteiger partial charge in [0.05, 0.1) is 0 Å². The fourth-order valence-electron chi connectivity index (χ4n) is 1.81. The van der Waals surface area contributed by atoms with E-state index in [1.807, 2.05) is 12.1 Å². The van der Waals surface area contributed by atoms with Crippen LogP contribution in [0.25, 0.3) is 0 Å². The molecule has 106 valence electrons. The molecule has 1 heterocycles. The van der Waals surface area contributed by atoms with E-state index in [4.69, 9.17) is 11.1 Å². The molecule has 0 aliphatic rings. The molecule has 0 fully saturated rings. The maximum absolute atomic E-state index is 7.47. The summed E-state index contributed by atoms with van der Waals surface area (Å²) in [5.41, 5.74) is 6.04. The average Bonchev–Trinajstić information content (AvgIpc) is 2.34. The summed E-state index contributed by atoms with van der Waals surface area (Å²) in [5.74, 6) is 1.46. The average molecular weight is 263 g/mol. The maximum atomic E-state index is 7.47. The second kappa shape index (κ2) is 7.09. The SMILES string of the molecule is CC(C)CN(CCN(C)C)c1cccc(C(=N)N)n1. The molecule has 19 heavy (non-hydrogen) atoms. The molecule has 3 N–H and O–H groups in total. The van der Waals surface area contributed by atoms with Crippen molar-refractivity contribution in [2.24, 2.45) is 11.7 Å². The van der Waals surface area contributed by atoms with Gasteiger partial charge in [-0.2, -0.15) is 0 Å². The van der Waals surface area contributed by atoms with Crippen molar-refractivity contribution in [2.75, 3.05) is 38.6 Å². The van der Waals surface area contributed by atoms with Gasteiger partial charge in [0, 0.05) is 19.6 Å². The second-order valence-electron chi connectivity index (χ2n) is 5.44. The first-order valence-electron chi connectivity index (χ1n) is 6.61. The monoisotopic (exact) mass is 263 g/mol. The minimum Gasteiger partial charge on any atom is -0.382 e. The Balaban J connectivity index is 2.89. The molecule has 0 bridgehead atoms. The molecule has 0 atom stereocenters. The highest BCUT2D eigenvalue weighted by Gasteiger charge is 2.11. The van der Waals surface area contributed by atoms with Gasteiger partial charge >= 0.3 is 0 Å². The van der Waals surface area contributed by atoms with Crippen LogP contribution in [-0.4, -0.2) is 49.4 Å². The van der Waals surface area contributed by atoms with Gasteiger partial charge in [-0.25, -0.2) is 4.98 Å². The first-order chi connectivity index (χ1) is 8.90. The number of nitrogen functional groups attached to an aromatic ring is 1. The zero-order valence-corrected chi connectivity index (χ0v) is 12.3. The van der Waals surface area contributed by atoms with Crippen molar-refractivity contribution in [3.05, 3.63) is 23.9 Å². The summed E-state index contributed by atoms with van der Waals surface area (Å²) in [6.07, 6.45) is 0. The van der Waals surface area contributed by atoms with Crippen molar-refractivity contribution in [2.45, 2.75) is 13.8 Å². The third-order valence-corrected chi connectivity index (χ3v) is 2.74. The Morgan fingerprint density at radius 3 is 2.53 bits per heavy atom. The van der Waals surface area contributed by atoms with Crippen molar-refractivity contribution in [3.63, 3.8) is 0 Å². The van der Waals surface area contributed by atoms with E-state index in [-0.39, 0.29) is 5.84 Å². The maximum Gasteiger partial charge on any atom is 0.141 e. The Labute approximate surface area is 115 Å². The normalized spacial score (nSPS) is 11.1. The van der Waals surface area contributed by atoms with Gasteiger partial charge < -0.3 is 15.5 Å².